The van der Waals surface area contributed by atoms with Crippen LogP contribution in [0.3, 0.4) is 0 Å². The molecule has 2 N–H and O–H groups in total. The van der Waals surface area contributed by atoms with Crippen LogP contribution in [-0.2, 0) is 6.54 Å². The molecule has 1 aromatic carbocycles. The van der Waals surface area contributed by atoms with Crippen molar-refractivity contribution in [2.75, 3.05) is 25.9 Å². The van der Waals surface area contributed by atoms with E-state index >= 15 is 0 Å². The highest BCUT2D eigenvalue weighted by Gasteiger charge is 2.26. The van der Waals surface area contributed by atoms with E-state index in [0.29, 0.717) is 23.8 Å². The van der Waals surface area contributed by atoms with Crippen LogP contribution in [0, 0.1) is 0 Å². The number of anilines is 1. The fraction of sp³-hybridized carbons (Fsp3) is 0.412. The Morgan fingerprint density at radius 3 is 2.65 bits per heavy atom. The standard InChI is InChI=1S/C17H22N4O2/c1-20(12-16-19-8-11-23-16)15-6-9-21(10-7-15)17(22)13-2-4-14(18)5-3-13/h2-5,8,11,15H,6-7,9-10,12,18H2,1H3. The molecule has 23 heavy (non-hydrogen) atoms. The van der Waals surface area contributed by atoms with Gasteiger partial charge < -0.3 is 15.1 Å². The number of nitrogens with zero attached hydrogens (tertiary/aromatic N) is 3. The largest absolute Gasteiger partial charge is 0.448 e. The van der Waals surface area contributed by atoms with E-state index in [4.69, 9.17) is 10.2 Å². The molecule has 0 bridgehead atoms. The van der Waals surface area contributed by atoms with Crippen molar-refractivity contribution in [3.8, 4) is 0 Å². The van der Waals surface area contributed by atoms with Gasteiger partial charge in [-0.05, 0) is 44.2 Å². The number of oxazole rings is 1. The maximum Gasteiger partial charge on any atom is 0.253 e. The van der Waals surface area contributed by atoms with Gasteiger partial charge in [0.2, 0.25) is 5.89 Å². The number of benzene rings is 1. The predicted octanol–water partition coefficient (Wildman–Crippen LogP) is 1.99. The van der Waals surface area contributed by atoms with Crippen molar-refractivity contribution >= 4 is 11.6 Å². The maximum absolute atomic E-state index is 12.5. The zero-order chi connectivity index (χ0) is 16.2. The topological polar surface area (TPSA) is 75.6 Å². The number of nitrogens with two attached hydrogens (primary N) is 1. The smallest absolute Gasteiger partial charge is 0.253 e. The Hall–Kier alpha value is -2.34. The van der Waals surface area contributed by atoms with Crippen LogP contribution in [0.4, 0.5) is 5.69 Å². The van der Waals surface area contributed by atoms with Gasteiger partial charge in [0.05, 0.1) is 12.7 Å². The quantitative estimate of drug-likeness (QED) is 0.874. The number of aromatic nitrogens is 1. The molecular weight excluding hydrogens is 292 g/mol. The van der Waals surface area contributed by atoms with Gasteiger partial charge in [0, 0.05) is 30.4 Å². The van der Waals surface area contributed by atoms with E-state index in [0.717, 1.165) is 31.8 Å². The molecule has 0 unspecified atom stereocenters. The van der Waals surface area contributed by atoms with Crippen molar-refractivity contribution in [1.82, 2.24) is 14.8 Å². The minimum atomic E-state index is 0.0822. The van der Waals surface area contributed by atoms with Gasteiger partial charge >= 0.3 is 0 Å². The van der Waals surface area contributed by atoms with Crippen LogP contribution >= 0.6 is 0 Å². The van der Waals surface area contributed by atoms with Crippen molar-refractivity contribution in [3.05, 3.63) is 48.2 Å². The number of carbonyl (C=O) groups is 1. The predicted molar refractivity (Wildman–Crippen MR) is 87.7 cm³/mol. The first-order chi connectivity index (χ1) is 11.1. The van der Waals surface area contributed by atoms with Crippen LogP contribution in [0.25, 0.3) is 0 Å². The minimum absolute atomic E-state index is 0.0822. The first-order valence-electron chi connectivity index (χ1n) is 7.87. The summed E-state index contributed by atoms with van der Waals surface area (Å²) in [5.74, 6) is 0.812. The first-order valence-corrected chi connectivity index (χ1v) is 7.87. The lowest BCUT2D eigenvalue weighted by Crippen LogP contribution is -2.45. The van der Waals surface area contributed by atoms with E-state index in [1.54, 1.807) is 36.7 Å². The maximum atomic E-state index is 12.5. The zero-order valence-electron chi connectivity index (χ0n) is 13.3. The SMILES string of the molecule is CN(Cc1ncco1)C1CCN(C(=O)c2ccc(N)cc2)CC1. The number of amides is 1. The van der Waals surface area contributed by atoms with Gasteiger partial charge in [-0.25, -0.2) is 4.98 Å². The summed E-state index contributed by atoms with van der Waals surface area (Å²) in [5, 5.41) is 0. The number of hydrogen-bond donors (Lipinski definition) is 1. The molecule has 2 heterocycles. The molecule has 3 rings (SSSR count). The summed E-state index contributed by atoms with van der Waals surface area (Å²) in [6, 6.07) is 7.56. The molecule has 1 aromatic heterocycles. The second-order valence-electron chi connectivity index (χ2n) is 5.99. The molecule has 0 radical (unpaired) electrons. The van der Waals surface area contributed by atoms with E-state index in [1.165, 1.54) is 0 Å². The fourth-order valence-electron chi connectivity index (χ4n) is 2.99. The lowest BCUT2D eigenvalue weighted by Gasteiger charge is -2.36. The summed E-state index contributed by atoms with van der Waals surface area (Å²) in [6.45, 7) is 2.23. The Balaban J connectivity index is 1.53. The monoisotopic (exact) mass is 314 g/mol. The Morgan fingerprint density at radius 1 is 1.35 bits per heavy atom. The molecule has 122 valence electrons. The minimum Gasteiger partial charge on any atom is -0.448 e. The zero-order valence-corrected chi connectivity index (χ0v) is 13.3. The number of hydrogen-bond acceptors (Lipinski definition) is 5. The van der Waals surface area contributed by atoms with Crippen molar-refractivity contribution < 1.29 is 9.21 Å². The summed E-state index contributed by atoms with van der Waals surface area (Å²) < 4.78 is 5.29. The Kier molecular flexibility index (Phi) is 4.62. The van der Waals surface area contributed by atoms with Gasteiger partial charge in [0.25, 0.3) is 5.91 Å². The van der Waals surface area contributed by atoms with Crippen LogP contribution in [0.5, 0.6) is 0 Å². The number of nitrogen functional groups attached to an aromatic ring is 1. The third kappa shape index (κ3) is 3.71. The number of rotatable bonds is 4. The Morgan fingerprint density at radius 2 is 2.04 bits per heavy atom. The molecule has 1 fully saturated rings. The van der Waals surface area contributed by atoms with Crippen LogP contribution in [0.15, 0.2) is 41.1 Å². The molecular formula is C17H22N4O2. The van der Waals surface area contributed by atoms with Gasteiger partial charge in [-0.15, -0.1) is 0 Å². The second kappa shape index (κ2) is 6.83. The molecule has 2 aromatic rings. The molecule has 0 aliphatic carbocycles. The van der Waals surface area contributed by atoms with Gasteiger partial charge in [-0.3, -0.25) is 9.69 Å². The molecule has 0 saturated carbocycles. The van der Waals surface area contributed by atoms with E-state index in [9.17, 15) is 4.79 Å². The Labute approximate surface area is 135 Å². The lowest BCUT2D eigenvalue weighted by atomic mass is 10.0. The summed E-state index contributed by atoms with van der Waals surface area (Å²) >= 11 is 0. The van der Waals surface area contributed by atoms with Gasteiger partial charge in [0.15, 0.2) is 0 Å². The molecule has 0 atom stereocenters. The summed E-state index contributed by atoms with van der Waals surface area (Å²) in [6.07, 6.45) is 5.17. The Bertz CT molecular complexity index is 631. The highest BCUT2D eigenvalue weighted by molar-refractivity contribution is 5.94. The molecule has 1 aliphatic heterocycles. The van der Waals surface area contributed by atoms with E-state index < -0.39 is 0 Å². The van der Waals surface area contributed by atoms with Crippen LogP contribution in [-0.4, -0.2) is 46.9 Å². The van der Waals surface area contributed by atoms with Gasteiger partial charge in [-0.2, -0.15) is 0 Å². The highest BCUT2D eigenvalue weighted by Crippen LogP contribution is 2.19. The van der Waals surface area contributed by atoms with Crippen molar-refractivity contribution in [2.24, 2.45) is 0 Å². The summed E-state index contributed by atoms with van der Waals surface area (Å²) in [4.78, 5) is 20.8. The van der Waals surface area contributed by atoms with E-state index in [-0.39, 0.29) is 5.91 Å². The van der Waals surface area contributed by atoms with E-state index in [2.05, 4.69) is 16.9 Å². The first kappa shape index (κ1) is 15.6. The summed E-state index contributed by atoms with van der Waals surface area (Å²) in [7, 11) is 2.08. The molecule has 1 saturated heterocycles. The number of likely N-dealkylation sites (tertiary alicyclic amines) is 1. The molecule has 6 nitrogen and oxygen atoms in total. The average Bonchev–Trinajstić information content (AvgIpc) is 3.08. The van der Waals surface area contributed by atoms with Crippen LogP contribution in [0.2, 0.25) is 0 Å². The van der Waals surface area contributed by atoms with Crippen molar-refractivity contribution in [1.29, 1.82) is 0 Å². The number of carbonyl (C=O) groups excluding carboxylic acids is 1. The highest BCUT2D eigenvalue weighted by atomic mass is 16.3. The molecule has 6 heteroatoms. The van der Waals surface area contributed by atoms with Gasteiger partial charge in [-0.1, -0.05) is 0 Å². The average molecular weight is 314 g/mol. The molecule has 1 aliphatic rings. The van der Waals surface area contributed by atoms with E-state index in [1.807, 2.05) is 4.90 Å². The second-order valence-corrected chi connectivity index (χ2v) is 5.99. The fourth-order valence-corrected chi connectivity index (χ4v) is 2.99. The van der Waals surface area contributed by atoms with Crippen LogP contribution in [0.1, 0.15) is 29.1 Å². The molecule has 1 amide bonds. The van der Waals surface area contributed by atoms with Crippen molar-refractivity contribution in [3.63, 3.8) is 0 Å². The lowest BCUT2D eigenvalue weighted by molar-refractivity contribution is 0.0631. The van der Waals surface area contributed by atoms with Gasteiger partial charge in [0.1, 0.15) is 6.26 Å². The van der Waals surface area contributed by atoms with Crippen LogP contribution < -0.4 is 5.73 Å². The normalized spacial score (nSPS) is 16.0. The van der Waals surface area contributed by atoms with Crippen molar-refractivity contribution in [2.45, 2.75) is 25.4 Å². The number of piperidine rings is 1. The third-order valence-electron chi connectivity index (χ3n) is 4.40. The third-order valence-corrected chi connectivity index (χ3v) is 4.40. The molecule has 0 spiro atoms. The summed E-state index contributed by atoms with van der Waals surface area (Å²) in [5.41, 5.74) is 7.04.